The first-order valence-electron chi connectivity index (χ1n) is 9.43. The van der Waals surface area contributed by atoms with Crippen LogP contribution < -0.4 is 27.4 Å². The van der Waals surface area contributed by atoms with Gasteiger partial charge in [0.2, 0.25) is 17.7 Å². The molecule has 168 valence electrons. The largest absolute Gasteiger partial charge is 0.480 e. The number of nitrogens with zero attached hydrogens (tertiary/aromatic N) is 1. The molecule has 0 spiro atoms. The third-order valence-corrected chi connectivity index (χ3v) is 4.19. The molecule has 0 saturated heterocycles. The SMILES string of the molecule is NCCCCC(NC(=O)CN)C(=O)NC(CO)C(=O)NC(Cc1cnc[nH]1)C(=O)O. The van der Waals surface area contributed by atoms with Gasteiger partial charge in [0.1, 0.15) is 18.1 Å². The number of H-pyrrole nitrogens is 1. The number of aliphatic hydroxyl groups is 1. The van der Waals surface area contributed by atoms with Gasteiger partial charge in [-0.1, -0.05) is 0 Å². The highest BCUT2D eigenvalue weighted by Crippen LogP contribution is 2.03. The van der Waals surface area contributed by atoms with Gasteiger partial charge in [-0.05, 0) is 25.8 Å². The fraction of sp³-hybridized carbons (Fsp3) is 0.588. The normalized spacial score (nSPS) is 13.7. The Kier molecular flexibility index (Phi) is 11.0. The number of nitrogens with two attached hydrogens (primary N) is 2. The summed E-state index contributed by atoms with van der Waals surface area (Å²) in [6.45, 7) is -0.680. The zero-order chi connectivity index (χ0) is 22.5. The predicted octanol–water partition coefficient (Wildman–Crippen LogP) is -3.43. The molecule has 0 radical (unpaired) electrons. The summed E-state index contributed by atoms with van der Waals surface area (Å²) >= 11 is 0. The minimum atomic E-state index is -1.41. The molecule has 0 aromatic carbocycles. The number of hydrogen-bond acceptors (Lipinski definition) is 8. The second-order valence-corrected chi connectivity index (χ2v) is 6.53. The fourth-order valence-electron chi connectivity index (χ4n) is 2.57. The van der Waals surface area contributed by atoms with Gasteiger partial charge >= 0.3 is 5.97 Å². The zero-order valence-corrected chi connectivity index (χ0v) is 16.5. The minimum absolute atomic E-state index is 0.0680. The van der Waals surface area contributed by atoms with Crippen LogP contribution in [-0.4, -0.2) is 81.7 Å². The van der Waals surface area contributed by atoms with Crippen LogP contribution in [0, 0.1) is 0 Å². The van der Waals surface area contributed by atoms with E-state index in [2.05, 4.69) is 25.9 Å². The molecule has 1 aromatic rings. The van der Waals surface area contributed by atoms with E-state index in [4.69, 9.17) is 11.5 Å². The van der Waals surface area contributed by atoms with Crippen LogP contribution in [0.4, 0.5) is 0 Å². The van der Waals surface area contributed by atoms with Crippen molar-refractivity contribution >= 4 is 23.7 Å². The molecule has 10 N–H and O–H groups in total. The molecule has 0 fully saturated rings. The number of carbonyl (C=O) groups is 4. The number of carboxylic acid groups (broad SMARTS) is 1. The van der Waals surface area contributed by atoms with Crippen LogP contribution in [0.1, 0.15) is 25.0 Å². The van der Waals surface area contributed by atoms with Crippen LogP contribution in [0.15, 0.2) is 12.5 Å². The average Bonchev–Trinajstić information content (AvgIpc) is 3.23. The van der Waals surface area contributed by atoms with Crippen LogP contribution in [0.25, 0.3) is 0 Å². The number of aliphatic hydroxyl groups excluding tert-OH is 1. The first kappa shape index (κ1) is 25.0. The zero-order valence-electron chi connectivity index (χ0n) is 16.5. The number of nitrogens with one attached hydrogen (secondary N) is 4. The summed E-state index contributed by atoms with van der Waals surface area (Å²) in [4.78, 5) is 54.5. The van der Waals surface area contributed by atoms with Gasteiger partial charge in [-0.3, -0.25) is 14.4 Å². The first-order valence-corrected chi connectivity index (χ1v) is 9.43. The van der Waals surface area contributed by atoms with Gasteiger partial charge in [-0.25, -0.2) is 9.78 Å². The lowest BCUT2D eigenvalue weighted by molar-refractivity contribution is -0.142. The molecule has 0 bridgehead atoms. The van der Waals surface area contributed by atoms with Gasteiger partial charge in [0.15, 0.2) is 0 Å². The van der Waals surface area contributed by atoms with Crippen LogP contribution in [0.2, 0.25) is 0 Å². The number of carboxylic acids is 1. The molecule has 0 aliphatic rings. The lowest BCUT2D eigenvalue weighted by atomic mass is 10.1. The standard InChI is InChI=1S/C17H29N7O6/c18-4-2-1-3-11(22-14(26)6-19)15(27)24-13(8-25)16(28)23-12(17(29)30)5-10-7-20-9-21-10/h7,9,11-13,25H,1-6,8,18-19H2,(H,20,21)(H,22,26)(H,23,28)(H,24,27)(H,29,30). The second-order valence-electron chi connectivity index (χ2n) is 6.53. The highest BCUT2D eigenvalue weighted by Gasteiger charge is 2.29. The highest BCUT2D eigenvalue weighted by atomic mass is 16.4. The molecular formula is C17H29N7O6. The smallest absolute Gasteiger partial charge is 0.326 e. The number of rotatable bonds is 14. The van der Waals surface area contributed by atoms with E-state index in [-0.39, 0.29) is 19.4 Å². The van der Waals surface area contributed by atoms with Gasteiger partial charge in [-0.15, -0.1) is 0 Å². The molecule has 0 aliphatic heterocycles. The number of imidazole rings is 1. The molecule has 3 amide bonds. The number of aromatic nitrogens is 2. The van der Waals surface area contributed by atoms with E-state index in [0.717, 1.165) is 0 Å². The van der Waals surface area contributed by atoms with Crippen molar-refractivity contribution < 1.29 is 29.4 Å². The first-order chi connectivity index (χ1) is 14.3. The van der Waals surface area contributed by atoms with Gasteiger partial charge in [-0.2, -0.15) is 0 Å². The third kappa shape index (κ3) is 8.55. The molecule has 0 aliphatic carbocycles. The van der Waals surface area contributed by atoms with E-state index in [0.29, 0.717) is 25.1 Å². The van der Waals surface area contributed by atoms with Crippen molar-refractivity contribution in [1.29, 1.82) is 0 Å². The minimum Gasteiger partial charge on any atom is -0.480 e. The fourth-order valence-corrected chi connectivity index (χ4v) is 2.57. The Morgan fingerprint density at radius 1 is 1.03 bits per heavy atom. The molecule has 13 heteroatoms. The topological polar surface area (TPSA) is 226 Å². The van der Waals surface area contributed by atoms with Crippen LogP contribution in [0.3, 0.4) is 0 Å². The number of unbranched alkanes of at least 4 members (excludes halogenated alkanes) is 1. The molecule has 1 rings (SSSR count). The summed E-state index contributed by atoms with van der Waals surface area (Å²) < 4.78 is 0. The Morgan fingerprint density at radius 2 is 1.70 bits per heavy atom. The number of hydrogen-bond donors (Lipinski definition) is 8. The highest BCUT2D eigenvalue weighted by molar-refractivity contribution is 5.93. The summed E-state index contributed by atoms with van der Waals surface area (Å²) in [5, 5.41) is 25.9. The van der Waals surface area contributed by atoms with E-state index in [1.807, 2.05) is 0 Å². The van der Waals surface area contributed by atoms with E-state index in [1.165, 1.54) is 12.5 Å². The van der Waals surface area contributed by atoms with E-state index in [9.17, 15) is 29.4 Å². The van der Waals surface area contributed by atoms with Crippen molar-refractivity contribution in [3.05, 3.63) is 18.2 Å². The average molecular weight is 427 g/mol. The lowest BCUT2D eigenvalue weighted by Crippen LogP contribution is -2.57. The van der Waals surface area contributed by atoms with Gasteiger partial charge in [0.05, 0.1) is 19.5 Å². The number of carbonyl (C=O) groups excluding carboxylic acids is 3. The van der Waals surface area contributed by atoms with Gasteiger partial charge in [0, 0.05) is 18.3 Å². The van der Waals surface area contributed by atoms with Crippen LogP contribution in [0.5, 0.6) is 0 Å². The van der Waals surface area contributed by atoms with Crippen molar-refractivity contribution in [2.75, 3.05) is 19.7 Å². The van der Waals surface area contributed by atoms with Crippen LogP contribution >= 0.6 is 0 Å². The Balaban J connectivity index is 2.76. The maximum Gasteiger partial charge on any atom is 0.326 e. The van der Waals surface area contributed by atoms with Gasteiger partial charge in [0.25, 0.3) is 0 Å². The molecule has 1 heterocycles. The van der Waals surface area contributed by atoms with Gasteiger partial charge < -0.3 is 42.6 Å². The van der Waals surface area contributed by atoms with Crippen molar-refractivity contribution in [1.82, 2.24) is 25.9 Å². The molecule has 3 unspecified atom stereocenters. The Morgan fingerprint density at radius 3 is 2.23 bits per heavy atom. The molecule has 13 nitrogen and oxygen atoms in total. The Bertz CT molecular complexity index is 697. The predicted molar refractivity (Wildman–Crippen MR) is 105 cm³/mol. The van der Waals surface area contributed by atoms with Crippen molar-refractivity contribution in [3.8, 4) is 0 Å². The second kappa shape index (κ2) is 13.2. The van der Waals surface area contributed by atoms with Crippen molar-refractivity contribution in [2.45, 2.75) is 43.8 Å². The summed E-state index contributed by atoms with van der Waals surface area (Å²) in [6.07, 6.45) is 4.14. The summed E-state index contributed by atoms with van der Waals surface area (Å²) in [5.74, 6) is -3.44. The van der Waals surface area contributed by atoms with Crippen molar-refractivity contribution in [2.24, 2.45) is 11.5 Å². The number of aromatic amines is 1. The molecule has 3 atom stereocenters. The summed E-state index contributed by atoms with van der Waals surface area (Å²) in [7, 11) is 0. The van der Waals surface area contributed by atoms with Crippen LogP contribution in [-0.2, 0) is 25.6 Å². The van der Waals surface area contributed by atoms with Crippen molar-refractivity contribution in [3.63, 3.8) is 0 Å². The monoisotopic (exact) mass is 427 g/mol. The quantitative estimate of drug-likeness (QED) is 0.138. The van der Waals surface area contributed by atoms with E-state index >= 15 is 0 Å². The molecular weight excluding hydrogens is 398 g/mol. The third-order valence-electron chi connectivity index (χ3n) is 4.19. The van der Waals surface area contributed by atoms with E-state index in [1.54, 1.807) is 0 Å². The Hall–Kier alpha value is -3.03. The maximum atomic E-state index is 12.5. The lowest BCUT2D eigenvalue weighted by Gasteiger charge is -2.23. The number of aliphatic carboxylic acids is 1. The maximum absolute atomic E-state index is 12.5. The Labute approximate surface area is 173 Å². The molecule has 1 aromatic heterocycles. The summed E-state index contributed by atoms with van der Waals surface area (Å²) in [6, 6.07) is -3.69. The molecule has 0 saturated carbocycles. The number of amides is 3. The molecule has 30 heavy (non-hydrogen) atoms. The van der Waals surface area contributed by atoms with E-state index < -0.39 is 48.4 Å². The summed E-state index contributed by atoms with van der Waals surface area (Å²) in [5.41, 5.74) is 11.2.